The van der Waals surface area contributed by atoms with Crippen LogP contribution in [0, 0.1) is 0 Å². The van der Waals surface area contributed by atoms with Crippen molar-refractivity contribution in [2.24, 2.45) is 0 Å². The molecule has 0 saturated carbocycles. The summed E-state index contributed by atoms with van der Waals surface area (Å²) in [6.45, 7) is 24.1. The summed E-state index contributed by atoms with van der Waals surface area (Å²) in [6.07, 6.45) is 15.8. The van der Waals surface area contributed by atoms with E-state index in [2.05, 4.69) is 84.7 Å². The molecule has 0 amide bonds. The topological polar surface area (TPSA) is 252 Å². The summed E-state index contributed by atoms with van der Waals surface area (Å²) >= 11 is 4.48. The first-order chi connectivity index (χ1) is 35.9. The molecule has 424 valence electrons. The van der Waals surface area contributed by atoms with E-state index >= 15 is 0 Å². The number of rotatable bonds is 28. The Kier molecular flexibility index (Phi) is 65.7. The van der Waals surface area contributed by atoms with Crippen LogP contribution in [0.1, 0.15) is 22.3 Å². The molecule has 18 nitrogen and oxygen atoms in total. The number of phenols is 2. The molecule has 4 rings (SSSR count). The van der Waals surface area contributed by atoms with E-state index in [-0.39, 0.29) is 138 Å². The van der Waals surface area contributed by atoms with Gasteiger partial charge in [0.15, 0.2) is 46.0 Å². The summed E-state index contributed by atoms with van der Waals surface area (Å²) in [7, 11) is 9.17. The second kappa shape index (κ2) is 59.7. The predicted octanol–water partition coefficient (Wildman–Crippen LogP) is 5.40. The molecular weight excluding hydrogens is 1290 g/mol. The van der Waals surface area contributed by atoms with Crippen molar-refractivity contribution in [3.63, 3.8) is 0 Å². The number of aliphatic hydroxyl groups is 2. The molecule has 0 radical (unpaired) electrons. The van der Waals surface area contributed by atoms with Crippen LogP contribution in [-0.4, -0.2) is 136 Å². The minimum atomic E-state index is -0.0362. The van der Waals surface area contributed by atoms with Gasteiger partial charge in [-0.2, -0.15) is 0 Å². The van der Waals surface area contributed by atoms with Gasteiger partial charge in [-0.3, -0.25) is 0 Å². The number of phenolic OH excluding ortho intramolecular Hbond substituents is 2. The molecule has 0 aliphatic heterocycles. The molecule has 4 aromatic carbocycles. The molecule has 0 bridgehead atoms. The molecule has 0 aliphatic rings. The molecule has 0 unspecified atom stereocenters. The Labute approximate surface area is 574 Å². The zero-order valence-electron chi connectivity index (χ0n) is 46.2. The Morgan fingerprint density at radius 1 is 0.423 bits per heavy atom. The van der Waals surface area contributed by atoms with Gasteiger partial charge in [0.1, 0.15) is 26.4 Å². The van der Waals surface area contributed by atoms with Crippen LogP contribution in [0.3, 0.4) is 0 Å². The Balaban J connectivity index is -0.000000206. The molecule has 6 N–H and O–H groups in total. The average Bonchev–Trinajstić information content (AvgIpc) is 3.44. The zero-order valence-corrected chi connectivity index (χ0v) is 56.8. The third kappa shape index (κ3) is 39.9. The molecule has 78 heavy (non-hydrogen) atoms. The van der Waals surface area contributed by atoms with Crippen molar-refractivity contribution in [2.45, 2.75) is 0 Å². The van der Waals surface area contributed by atoms with Crippen molar-refractivity contribution >= 4 is 69.5 Å². The summed E-state index contributed by atoms with van der Waals surface area (Å²) in [5, 5.41) is 36.2. The van der Waals surface area contributed by atoms with Crippen LogP contribution in [0.5, 0.6) is 57.5 Å². The summed E-state index contributed by atoms with van der Waals surface area (Å²) in [6, 6.07) is 17.6. The van der Waals surface area contributed by atoms with Gasteiger partial charge in [-0.1, -0.05) is 133 Å². The summed E-state index contributed by atoms with van der Waals surface area (Å²) in [5.74, 6) is 4.29. The number of benzene rings is 4. The van der Waals surface area contributed by atoms with Gasteiger partial charge in [0.25, 0.3) is 0 Å². The average molecular weight is 1370 g/mol. The van der Waals surface area contributed by atoms with Gasteiger partial charge in [0.2, 0.25) is 11.5 Å². The molecule has 0 saturated heterocycles. The maximum Gasteiger partial charge on any atom is 1.00 e. The van der Waals surface area contributed by atoms with E-state index in [9.17, 15) is 10.2 Å². The largest absolute Gasteiger partial charge is 1.00 e. The number of aromatic hydroxyl groups is 2. The molecule has 4 aromatic rings. The van der Waals surface area contributed by atoms with Crippen LogP contribution in [0.25, 0.3) is 24.3 Å². The molecule has 0 atom stereocenters. The number of alkyl halides is 2. The fraction of sp³-hybridized carbons (Fsp3) is 0.286. The first kappa shape index (κ1) is 85.8. The van der Waals surface area contributed by atoms with Crippen LogP contribution in [0.15, 0.2) is 137 Å². The molecule has 0 aliphatic carbocycles. The number of ether oxygens (including phenoxy) is 12. The fourth-order valence-corrected chi connectivity index (χ4v) is 5.60. The molecular formula is C56H76I2K2O18. The smallest absolute Gasteiger partial charge is 0.870 e. The van der Waals surface area contributed by atoms with Gasteiger partial charge in [-0.15, -0.1) is 0 Å². The number of hydrogen-bond donors (Lipinski definition) is 4. The molecule has 0 spiro atoms. The standard InChI is InChI=1S/C15H20O5.C13H16O3.C11H14O4.C9H10O2.2C4H7IO.2K.2H2O/c1-4-19-8-9-20-15-13(17-2)10-12(6-5-7-16)11-14(15)18-3;1-4-11-6-7-12(13(10-11)14-3)16-9-8-15-5-2;1-14-9-6-8(4-3-5-12)7-10(15-2)11(9)13;1-3-7-4-5-8(10)9(6-7)11-2;2*1-2-6-4-3-5;;;;/h4-6,10-11,16H,1,7-9H2,2-3H3;4-7,10H,1-2,8-9H2,3H3;3-4,6-7,12-13H,5H2,1-2H3;3-6,10H,1H2,2H3;2*2H,1,3-4H2;;;2*1H2/q;;;;;;2*+1;;/p-2/b6-5+;;4-3+;;;;;;;. The van der Waals surface area contributed by atoms with E-state index in [1.165, 1.54) is 46.4 Å². The zero-order chi connectivity index (χ0) is 55.8. The van der Waals surface area contributed by atoms with Gasteiger partial charge in [-0.25, -0.2) is 0 Å². The molecule has 0 fully saturated rings. The van der Waals surface area contributed by atoms with Crippen molar-refractivity contribution in [3.05, 3.63) is 160 Å². The van der Waals surface area contributed by atoms with E-state index in [0.717, 1.165) is 44.3 Å². The van der Waals surface area contributed by atoms with Crippen molar-refractivity contribution in [1.29, 1.82) is 0 Å². The second-order valence-electron chi connectivity index (χ2n) is 13.2. The normalized spacial score (nSPS) is 9.05. The third-order valence-corrected chi connectivity index (χ3v) is 9.33. The summed E-state index contributed by atoms with van der Waals surface area (Å²) in [5.41, 5.74) is 3.56. The van der Waals surface area contributed by atoms with Crippen LogP contribution < -0.4 is 141 Å². The SMILES string of the molecule is C=COCCI.C=COCCI.C=COCCOc1c(OC)cc(/C=C/CO)cc1OC.C=COCCOc1ccc(C=C)cc1OC.C=Cc1ccc(O)c(OC)c1.COc1cc(/C=C/CO)cc(OC)c1O.[K+].[K+].[OH-].[OH-]. The predicted molar refractivity (Wildman–Crippen MR) is 318 cm³/mol. The number of halogens is 2. The van der Waals surface area contributed by atoms with Crippen LogP contribution in [0.4, 0.5) is 0 Å². The van der Waals surface area contributed by atoms with E-state index in [0.29, 0.717) is 72.4 Å². The van der Waals surface area contributed by atoms with Crippen LogP contribution in [-0.2, 0) is 18.9 Å². The van der Waals surface area contributed by atoms with E-state index in [4.69, 9.17) is 67.1 Å². The fourth-order valence-electron chi connectivity index (χ4n) is 5.09. The maximum atomic E-state index is 9.62. The van der Waals surface area contributed by atoms with Gasteiger partial charge in [-0.05, 0) is 70.8 Å². The molecule has 0 aromatic heterocycles. The Morgan fingerprint density at radius 3 is 1.12 bits per heavy atom. The second-order valence-corrected chi connectivity index (χ2v) is 15.3. The van der Waals surface area contributed by atoms with Crippen LogP contribution in [0.2, 0.25) is 0 Å². The van der Waals surface area contributed by atoms with Crippen molar-refractivity contribution in [1.82, 2.24) is 0 Å². The first-order valence-electron chi connectivity index (χ1n) is 22.2. The quantitative estimate of drug-likeness (QED) is 0.0183. The first-order valence-corrected chi connectivity index (χ1v) is 25.3. The Morgan fingerprint density at radius 2 is 0.769 bits per heavy atom. The molecule has 0 heterocycles. The van der Waals surface area contributed by atoms with Gasteiger partial charge >= 0.3 is 103 Å². The third-order valence-electron chi connectivity index (χ3n) is 8.45. The molecule has 22 heteroatoms. The van der Waals surface area contributed by atoms with Crippen LogP contribution >= 0.6 is 45.2 Å². The number of methoxy groups -OCH3 is 6. The van der Waals surface area contributed by atoms with Gasteiger partial charge in [0, 0.05) is 8.86 Å². The van der Waals surface area contributed by atoms with Crippen molar-refractivity contribution < 1.29 is 191 Å². The minimum Gasteiger partial charge on any atom is -0.870 e. The van der Waals surface area contributed by atoms with E-state index in [1.54, 1.807) is 100 Å². The summed E-state index contributed by atoms with van der Waals surface area (Å²) in [4.78, 5) is 0. The van der Waals surface area contributed by atoms with Crippen molar-refractivity contribution in [3.8, 4) is 57.5 Å². The number of hydrogen-bond acceptors (Lipinski definition) is 18. The Hall–Kier alpha value is -3.43. The number of aliphatic hydroxyl groups excluding tert-OH is 2. The minimum absolute atomic E-state index is 0. The Bertz CT molecular complexity index is 2180. The monoisotopic (exact) mass is 1370 g/mol. The van der Waals surface area contributed by atoms with Gasteiger partial charge < -0.3 is 88.2 Å². The maximum absolute atomic E-state index is 9.62. The summed E-state index contributed by atoms with van der Waals surface area (Å²) < 4.78 is 63.3. The van der Waals surface area contributed by atoms with Gasteiger partial charge in [0.05, 0.1) is 94.1 Å². The van der Waals surface area contributed by atoms with Crippen molar-refractivity contribution in [2.75, 3.05) is 104 Å². The van der Waals surface area contributed by atoms with E-state index < -0.39 is 0 Å². The van der Waals surface area contributed by atoms with E-state index in [1.807, 2.05) is 18.2 Å².